The Bertz CT molecular complexity index is 1260. The monoisotopic (exact) mass is 567 g/mol. The maximum Gasteiger partial charge on any atom is 0.328 e. The van der Waals surface area contributed by atoms with Gasteiger partial charge in [-0.3, -0.25) is 0 Å². The van der Waals surface area contributed by atoms with Crippen LogP contribution in [-0.2, 0) is 22.5 Å². The Balaban J connectivity index is 1.20. The number of amides is 2. The summed E-state index contributed by atoms with van der Waals surface area (Å²) in [4.78, 5) is 29.4. The molecular formula is C27H30BrN5O4. The Hall–Kier alpha value is -3.66. The topological polar surface area (TPSA) is 95.2 Å². The second-order valence-corrected chi connectivity index (χ2v) is 10.3. The van der Waals surface area contributed by atoms with Gasteiger partial charge in [0.1, 0.15) is 6.04 Å². The van der Waals surface area contributed by atoms with Crippen molar-refractivity contribution in [2.45, 2.75) is 37.9 Å². The lowest BCUT2D eigenvalue weighted by atomic mass is 10.0. The highest BCUT2D eigenvalue weighted by Crippen LogP contribution is 2.40. The van der Waals surface area contributed by atoms with E-state index in [0.717, 1.165) is 52.9 Å². The van der Waals surface area contributed by atoms with Crippen LogP contribution in [0.25, 0.3) is 0 Å². The largest absolute Gasteiger partial charge is 0.467 e. The molecule has 0 saturated carbocycles. The number of piperidine rings is 1. The summed E-state index contributed by atoms with van der Waals surface area (Å²) < 4.78 is 11.5. The molecule has 2 aromatic carbocycles. The number of carbonyl (C=O) groups is 2. The second-order valence-electron chi connectivity index (χ2n) is 9.41. The molecule has 0 aromatic heterocycles. The van der Waals surface area contributed by atoms with E-state index in [9.17, 15) is 9.59 Å². The zero-order valence-corrected chi connectivity index (χ0v) is 22.3. The highest BCUT2D eigenvalue weighted by molar-refractivity contribution is 9.10. The molecule has 3 aliphatic heterocycles. The molecule has 0 spiro atoms. The van der Waals surface area contributed by atoms with E-state index in [-0.39, 0.29) is 18.0 Å². The number of esters is 1. The first kappa shape index (κ1) is 25.0. The molecule has 2 aromatic rings. The molecule has 0 bridgehead atoms. The summed E-state index contributed by atoms with van der Waals surface area (Å²) in [6, 6.07) is 11.2. The maximum absolute atomic E-state index is 12.7. The highest BCUT2D eigenvalue weighted by Gasteiger charge is 2.32. The van der Waals surface area contributed by atoms with E-state index in [4.69, 9.17) is 9.47 Å². The molecule has 37 heavy (non-hydrogen) atoms. The quantitative estimate of drug-likeness (QED) is 0.427. The van der Waals surface area contributed by atoms with Crippen LogP contribution in [-0.4, -0.2) is 54.1 Å². The van der Waals surface area contributed by atoms with Gasteiger partial charge in [-0.2, -0.15) is 0 Å². The van der Waals surface area contributed by atoms with Gasteiger partial charge in [0.15, 0.2) is 11.6 Å². The van der Waals surface area contributed by atoms with Gasteiger partial charge in [0.05, 0.1) is 18.6 Å². The van der Waals surface area contributed by atoms with E-state index in [1.807, 2.05) is 41.3 Å². The first-order chi connectivity index (χ1) is 17.8. The van der Waals surface area contributed by atoms with Gasteiger partial charge in [-0.15, -0.1) is 0 Å². The molecule has 3 aliphatic rings. The van der Waals surface area contributed by atoms with Crippen molar-refractivity contribution >= 4 is 39.3 Å². The second kappa shape index (κ2) is 10.4. The zero-order valence-electron chi connectivity index (χ0n) is 20.7. The van der Waals surface area contributed by atoms with Crippen molar-refractivity contribution in [2.24, 2.45) is 0 Å². The summed E-state index contributed by atoms with van der Waals surface area (Å²) in [6.07, 6.45) is 2.01. The van der Waals surface area contributed by atoms with E-state index < -0.39 is 6.04 Å². The minimum Gasteiger partial charge on any atom is -0.467 e. The third-order valence-corrected chi connectivity index (χ3v) is 7.65. The van der Waals surface area contributed by atoms with Gasteiger partial charge >= 0.3 is 12.0 Å². The highest BCUT2D eigenvalue weighted by atomic mass is 79.9. The molecule has 2 amide bonds. The fraction of sp³-hybridized carbons (Fsp3) is 0.333. The molecule has 0 aliphatic carbocycles. The number of fused-ring (bicyclic) bond motifs is 2. The number of ether oxygens (including phenoxy) is 2. The Morgan fingerprint density at radius 2 is 2.03 bits per heavy atom. The molecule has 10 heteroatoms. The minimum absolute atomic E-state index is 0.0527. The number of halogens is 1. The lowest BCUT2D eigenvalue weighted by Crippen LogP contribution is -2.51. The van der Waals surface area contributed by atoms with Crippen molar-refractivity contribution in [1.29, 1.82) is 0 Å². The summed E-state index contributed by atoms with van der Waals surface area (Å²) in [5, 5.41) is 9.35. The number of carbonyl (C=O) groups excluding carboxylic acids is 2. The lowest BCUT2D eigenvalue weighted by Gasteiger charge is -2.42. The smallest absolute Gasteiger partial charge is 0.328 e. The third-order valence-electron chi connectivity index (χ3n) is 7.03. The molecule has 1 atom stereocenters. The van der Waals surface area contributed by atoms with Crippen molar-refractivity contribution in [2.75, 3.05) is 30.8 Å². The minimum atomic E-state index is -0.623. The third kappa shape index (κ3) is 5.24. The number of benzene rings is 2. The Kier molecular flexibility index (Phi) is 7.01. The van der Waals surface area contributed by atoms with Crippen LogP contribution in [0.1, 0.15) is 24.0 Å². The van der Waals surface area contributed by atoms with Crippen molar-refractivity contribution in [3.8, 4) is 5.75 Å². The van der Waals surface area contributed by atoms with Gasteiger partial charge in [-0.1, -0.05) is 24.8 Å². The van der Waals surface area contributed by atoms with Gasteiger partial charge in [-0.25, -0.2) is 9.59 Å². The summed E-state index contributed by atoms with van der Waals surface area (Å²) >= 11 is 3.56. The number of para-hydroxylation sites is 1. The number of methoxy groups -OCH3 is 1. The molecule has 0 radical (unpaired) electrons. The summed E-state index contributed by atoms with van der Waals surface area (Å²) in [7, 11) is 1.38. The van der Waals surface area contributed by atoms with Crippen LogP contribution >= 0.6 is 15.9 Å². The average Bonchev–Trinajstić information content (AvgIpc) is 3.28. The molecule has 9 nitrogen and oxygen atoms in total. The summed E-state index contributed by atoms with van der Waals surface area (Å²) in [5.74, 6) is 1.40. The van der Waals surface area contributed by atoms with Crippen LogP contribution in [0.4, 0.5) is 16.2 Å². The van der Waals surface area contributed by atoms with Crippen molar-refractivity contribution in [3.63, 3.8) is 0 Å². The number of urea groups is 1. The molecule has 5 rings (SSSR count). The van der Waals surface area contributed by atoms with E-state index in [2.05, 4.69) is 49.9 Å². The Morgan fingerprint density at radius 1 is 1.27 bits per heavy atom. The first-order valence-electron chi connectivity index (χ1n) is 12.2. The van der Waals surface area contributed by atoms with Crippen LogP contribution in [0, 0.1) is 0 Å². The van der Waals surface area contributed by atoms with E-state index in [1.165, 1.54) is 7.11 Å². The Labute approximate surface area is 224 Å². The van der Waals surface area contributed by atoms with Gasteiger partial charge in [0.25, 0.3) is 0 Å². The van der Waals surface area contributed by atoms with Gasteiger partial charge in [-0.05, 0) is 64.7 Å². The van der Waals surface area contributed by atoms with Crippen LogP contribution < -0.4 is 20.7 Å². The van der Waals surface area contributed by atoms with Crippen LogP contribution in [0.5, 0.6) is 5.75 Å². The molecule has 3 N–H and O–H groups in total. The lowest BCUT2D eigenvalue weighted by molar-refractivity contribution is -0.143. The molecule has 0 unspecified atom stereocenters. The number of rotatable bonds is 7. The van der Waals surface area contributed by atoms with Crippen LogP contribution in [0.15, 0.2) is 65.7 Å². The number of anilines is 2. The Morgan fingerprint density at radius 3 is 2.78 bits per heavy atom. The van der Waals surface area contributed by atoms with Gasteiger partial charge < -0.3 is 35.2 Å². The van der Waals surface area contributed by atoms with Crippen molar-refractivity contribution in [1.82, 2.24) is 15.1 Å². The molecule has 1 fully saturated rings. The van der Waals surface area contributed by atoms with E-state index in [1.54, 1.807) is 0 Å². The maximum atomic E-state index is 12.7. The van der Waals surface area contributed by atoms with Gasteiger partial charge in [0.2, 0.25) is 0 Å². The first-order valence-corrected chi connectivity index (χ1v) is 13.0. The standard InChI is InChI=1S/C27H30BrN5O4/c1-16(29-23(26(34)36-3)13-18-12-21(28)25-24(14-18)37-17(2)30-25)32-10-8-20(9-11-32)33-15-19-6-4-5-7-22(19)31-27(33)35/h4-7,12,14,20,23,29-30H,1-2,8-11,13,15H2,3H3,(H,31,35)/t23-/m1/s1. The summed E-state index contributed by atoms with van der Waals surface area (Å²) in [5.41, 5.74) is 3.72. The van der Waals surface area contributed by atoms with E-state index in [0.29, 0.717) is 30.4 Å². The SMILES string of the molecule is C=C1Nc2c(Br)cc(C[C@@H](NC(=C)N3CCC(N4Cc5ccccc5NC4=O)CC3)C(=O)OC)cc2O1. The fourth-order valence-electron chi connectivity index (χ4n) is 5.08. The molecule has 1 saturated heterocycles. The molecule has 194 valence electrons. The molecular weight excluding hydrogens is 538 g/mol. The number of likely N-dealkylation sites (tertiary alicyclic amines) is 1. The predicted molar refractivity (Wildman–Crippen MR) is 145 cm³/mol. The molecule has 3 heterocycles. The van der Waals surface area contributed by atoms with Crippen molar-refractivity contribution < 1.29 is 19.1 Å². The predicted octanol–water partition coefficient (Wildman–Crippen LogP) is 4.38. The van der Waals surface area contributed by atoms with Crippen LogP contribution in [0.2, 0.25) is 0 Å². The normalized spacial score (nSPS) is 17.7. The number of nitrogens with one attached hydrogen (secondary N) is 3. The van der Waals surface area contributed by atoms with Gasteiger partial charge in [0, 0.05) is 42.3 Å². The number of nitrogens with zero attached hydrogens (tertiary/aromatic N) is 2. The zero-order chi connectivity index (χ0) is 26.1. The van der Waals surface area contributed by atoms with Crippen LogP contribution in [0.3, 0.4) is 0 Å². The fourth-order valence-corrected chi connectivity index (χ4v) is 5.67. The number of hydrogen-bond acceptors (Lipinski definition) is 7. The number of hydrogen-bond donors (Lipinski definition) is 3. The van der Waals surface area contributed by atoms with Crippen molar-refractivity contribution in [3.05, 3.63) is 76.9 Å². The average molecular weight is 568 g/mol. The summed E-state index contributed by atoms with van der Waals surface area (Å²) in [6.45, 7) is 10.1. The van der Waals surface area contributed by atoms with E-state index >= 15 is 0 Å².